The van der Waals surface area contributed by atoms with Crippen LogP contribution in [0.5, 0.6) is 0 Å². The van der Waals surface area contributed by atoms with E-state index in [1.54, 1.807) is 0 Å². The number of aromatic nitrogens is 1. The van der Waals surface area contributed by atoms with E-state index < -0.39 is 24.0 Å². The van der Waals surface area contributed by atoms with E-state index in [4.69, 9.17) is 9.52 Å². The number of carboxylic acid groups (broad SMARTS) is 1. The topological polar surface area (TPSA) is 63.3 Å². The van der Waals surface area contributed by atoms with Crippen molar-refractivity contribution in [3.63, 3.8) is 0 Å². The average Bonchev–Trinajstić information content (AvgIpc) is 2.69. The molecule has 0 aliphatic rings. The molecule has 0 spiro atoms. The normalized spacial score (nSPS) is 10.5. The zero-order valence-corrected chi connectivity index (χ0v) is 8.48. The SMILES string of the molecule is O=C(O)Cc1ncc(-c2cc(F)ccc2F)o1. The quantitative estimate of drug-likeness (QED) is 0.892. The van der Waals surface area contributed by atoms with Crippen LogP contribution in [-0.2, 0) is 11.2 Å². The highest BCUT2D eigenvalue weighted by molar-refractivity contribution is 5.69. The largest absolute Gasteiger partial charge is 0.481 e. The molecule has 0 aliphatic heterocycles. The smallest absolute Gasteiger partial charge is 0.312 e. The van der Waals surface area contributed by atoms with Crippen molar-refractivity contribution in [2.45, 2.75) is 6.42 Å². The van der Waals surface area contributed by atoms with Gasteiger partial charge in [0.1, 0.15) is 18.1 Å². The van der Waals surface area contributed by atoms with E-state index in [0.29, 0.717) is 0 Å². The van der Waals surface area contributed by atoms with E-state index in [2.05, 4.69) is 4.98 Å². The average molecular weight is 239 g/mol. The van der Waals surface area contributed by atoms with E-state index in [-0.39, 0.29) is 17.2 Å². The summed E-state index contributed by atoms with van der Waals surface area (Å²) in [5.41, 5.74) is -0.0888. The second kappa shape index (κ2) is 4.32. The predicted molar refractivity (Wildman–Crippen MR) is 53.2 cm³/mol. The first-order chi connectivity index (χ1) is 8.06. The minimum atomic E-state index is -1.11. The zero-order chi connectivity index (χ0) is 12.4. The molecule has 0 bridgehead atoms. The van der Waals surface area contributed by atoms with Crippen LogP contribution in [0.25, 0.3) is 11.3 Å². The van der Waals surface area contributed by atoms with Gasteiger partial charge in [-0.05, 0) is 18.2 Å². The second-order valence-electron chi connectivity index (χ2n) is 3.31. The molecule has 4 nitrogen and oxygen atoms in total. The fourth-order valence-corrected chi connectivity index (χ4v) is 1.33. The number of hydrogen-bond acceptors (Lipinski definition) is 3. The molecular formula is C11H7F2NO3. The number of oxazole rings is 1. The number of hydrogen-bond donors (Lipinski definition) is 1. The van der Waals surface area contributed by atoms with Gasteiger partial charge in [-0.1, -0.05) is 0 Å². The maximum Gasteiger partial charge on any atom is 0.312 e. The summed E-state index contributed by atoms with van der Waals surface area (Å²) >= 11 is 0. The summed E-state index contributed by atoms with van der Waals surface area (Å²) in [4.78, 5) is 14.1. The van der Waals surface area contributed by atoms with Crippen molar-refractivity contribution in [2.24, 2.45) is 0 Å². The van der Waals surface area contributed by atoms with Crippen LogP contribution in [0.1, 0.15) is 5.89 Å². The molecule has 0 fully saturated rings. The molecule has 0 radical (unpaired) electrons. The maximum atomic E-state index is 13.4. The van der Waals surface area contributed by atoms with Crippen molar-refractivity contribution in [1.29, 1.82) is 0 Å². The van der Waals surface area contributed by atoms with Gasteiger partial charge in [0.2, 0.25) is 5.89 Å². The molecule has 0 unspecified atom stereocenters. The minimum Gasteiger partial charge on any atom is -0.481 e. The Bertz CT molecular complexity index is 566. The molecule has 0 saturated carbocycles. The summed E-state index contributed by atoms with van der Waals surface area (Å²) in [6.45, 7) is 0. The van der Waals surface area contributed by atoms with E-state index in [1.807, 2.05) is 0 Å². The molecule has 1 N–H and O–H groups in total. The molecule has 6 heteroatoms. The number of carboxylic acids is 1. The van der Waals surface area contributed by atoms with Crippen LogP contribution >= 0.6 is 0 Å². The lowest BCUT2D eigenvalue weighted by molar-refractivity contribution is -0.136. The third-order valence-corrected chi connectivity index (χ3v) is 2.05. The summed E-state index contributed by atoms with van der Waals surface area (Å²) in [5, 5.41) is 8.51. The van der Waals surface area contributed by atoms with Gasteiger partial charge in [-0.15, -0.1) is 0 Å². The fourth-order valence-electron chi connectivity index (χ4n) is 1.33. The molecule has 2 rings (SSSR count). The Kier molecular flexibility index (Phi) is 2.86. The molecule has 0 aliphatic carbocycles. The number of halogens is 2. The molecule has 2 aromatic rings. The summed E-state index contributed by atoms with van der Waals surface area (Å²) in [6.07, 6.45) is 0.757. The van der Waals surface area contributed by atoms with Crippen LogP contribution < -0.4 is 0 Å². The standard InChI is InChI=1S/C11H7F2NO3/c12-6-1-2-8(13)7(3-6)9-5-14-10(17-9)4-11(15)16/h1-3,5H,4H2,(H,15,16). The lowest BCUT2D eigenvalue weighted by Gasteiger charge is -1.98. The van der Waals surface area contributed by atoms with E-state index in [9.17, 15) is 13.6 Å². The summed E-state index contributed by atoms with van der Waals surface area (Å²) in [5.74, 6) is -2.45. The van der Waals surface area contributed by atoms with Gasteiger partial charge < -0.3 is 9.52 Å². The molecule has 17 heavy (non-hydrogen) atoms. The van der Waals surface area contributed by atoms with E-state index in [0.717, 1.165) is 24.4 Å². The lowest BCUT2D eigenvalue weighted by atomic mass is 10.2. The number of nitrogens with zero attached hydrogens (tertiary/aromatic N) is 1. The highest BCUT2D eigenvalue weighted by atomic mass is 19.1. The van der Waals surface area contributed by atoms with Gasteiger partial charge >= 0.3 is 5.97 Å². The Morgan fingerprint density at radius 2 is 2.18 bits per heavy atom. The molecular weight excluding hydrogens is 232 g/mol. The van der Waals surface area contributed by atoms with E-state index >= 15 is 0 Å². The molecule has 0 amide bonds. The molecule has 0 saturated heterocycles. The zero-order valence-electron chi connectivity index (χ0n) is 8.48. The third-order valence-electron chi connectivity index (χ3n) is 2.05. The van der Waals surface area contributed by atoms with Crippen LogP contribution in [-0.4, -0.2) is 16.1 Å². The number of benzene rings is 1. The van der Waals surface area contributed by atoms with Crippen molar-refractivity contribution in [3.05, 3.63) is 41.9 Å². The van der Waals surface area contributed by atoms with Crippen LogP contribution in [0.2, 0.25) is 0 Å². The van der Waals surface area contributed by atoms with Crippen LogP contribution in [0.15, 0.2) is 28.8 Å². The number of carbonyl (C=O) groups is 1. The van der Waals surface area contributed by atoms with Crippen molar-refractivity contribution in [2.75, 3.05) is 0 Å². The summed E-state index contributed by atoms with van der Waals surface area (Å²) in [7, 11) is 0. The van der Waals surface area contributed by atoms with Crippen molar-refractivity contribution < 1.29 is 23.1 Å². The predicted octanol–water partition coefficient (Wildman–Crippen LogP) is 2.25. The van der Waals surface area contributed by atoms with Crippen LogP contribution in [0.3, 0.4) is 0 Å². The minimum absolute atomic E-state index is 0.00162. The van der Waals surface area contributed by atoms with Crippen molar-refractivity contribution in [3.8, 4) is 11.3 Å². The van der Waals surface area contributed by atoms with Crippen LogP contribution in [0, 0.1) is 11.6 Å². The van der Waals surface area contributed by atoms with Gasteiger partial charge in [0.25, 0.3) is 0 Å². The maximum absolute atomic E-state index is 13.4. The highest BCUT2D eigenvalue weighted by Gasteiger charge is 2.13. The number of aliphatic carboxylic acids is 1. The van der Waals surface area contributed by atoms with E-state index in [1.165, 1.54) is 0 Å². The third kappa shape index (κ3) is 2.47. The monoisotopic (exact) mass is 239 g/mol. The second-order valence-corrected chi connectivity index (χ2v) is 3.31. The van der Waals surface area contributed by atoms with Gasteiger partial charge in [0.05, 0.1) is 11.8 Å². The Morgan fingerprint density at radius 3 is 2.88 bits per heavy atom. The van der Waals surface area contributed by atoms with Crippen LogP contribution in [0.4, 0.5) is 8.78 Å². The Hall–Kier alpha value is -2.24. The first-order valence-electron chi connectivity index (χ1n) is 4.68. The lowest BCUT2D eigenvalue weighted by Crippen LogP contribution is -1.99. The van der Waals surface area contributed by atoms with Gasteiger partial charge in [-0.25, -0.2) is 13.8 Å². The van der Waals surface area contributed by atoms with Crippen molar-refractivity contribution in [1.82, 2.24) is 4.98 Å². The Balaban J connectivity index is 2.36. The molecule has 88 valence electrons. The first-order valence-corrected chi connectivity index (χ1v) is 4.68. The molecule has 0 atom stereocenters. The summed E-state index contributed by atoms with van der Waals surface area (Å²) < 4.78 is 31.3. The van der Waals surface area contributed by atoms with Gasteiger partial charge in [-0.2, -0.15) is 0 Å². The Labute approximate surface area is 94.5 Å². The molecule has 1 aromatic carbocycles. The van der Waals surface area contributed by atoms with Crippen molar-refractivity contribution >= 4 is 5.97 Å². The van der Waals surface area contributed by atoms with Gasteiger partial charge in [-0.3, -0.25) is 4.79 Å². The molecule has 1 aromatic heterocycles. The first kappa shape index (κ1) is 11.3. The fraction of sp³-hybridized carbons (Fsp3) is 0.0909. The Morgan fingerprint density at radius 1 is 1.41 bits per heavy atom. The molecule has 1 heterocycles. The van der Waals surface area contributed by atoms with Gasteiger partial charge in [0.15, 0.2) is 5.76 Å². The summed E-state index contributed by atoms with van der Waals surface area (Å²) in [6, 6.07) is 2.90. The number of rotatable bonds is 3. The highest BCUT2D eigenvalue weighted by Crippen LogP contribution is 2.24. The van der Waals surface area contributed by atoms with Gasteiger partial charge in [0, 0.05) is 0 Å².